The van der Waals surface area contributed by atoms with Gasteiger partial charge in [0.15, 0.2) is 9.84 Å². The number of carboxylic acid groups (broad SMARTS) is 1. The van der Waals surface area contributed by atoms with Gasteiger partial charge in [0.1, 0.15) is 5.76 Å². The van der Waals surface area contributed by atoms with Crippen molar-refractivity contribution in [2.24, 2.45) is 0 Å². The molecule has 1 aromatic rings. The van der Waals surface area contributed by atoms with E-state index in [1.807, 2.05) is 0 Å². The summed E-state index contributed by atoms with van der Waals surface area (Å²) in [6.45, 7) is 0.370. The molecule has 0 atom stereocenters. The summed E-state index contributed by atoms with van der Waals surface area (Å²) in [6, 6.07) is 2.37. The molecule has 0 aromatic carbocycles. The van der Waals surface area contributed by atoms with Gasteiger partial charge in [0.2, 0.25) is 5.76 Å². The quantitative estimate of drug-likeness (QED) is 0.806. The number of carboxylic acids is 1. The molecule has 1 aliphatic heterocycles. The number of rotatable bonds is 3. The highest BCUT2D eigenvalue weighted by Gasteiger charge is 2.24. The zero-order chi connectivity index (χ0) is 14.8. The lowest BCUT2D eigenvalue weighted by Crippen LogP contribution is -2.47. The fourth-order valence-electron chi connectivity index (χ4n) is 1.78. The lowest BCUT2D eigenvalue weighted by atomic mass is 10.4. The van der Waals surface area contributed by atoms with E-state index < -0.39 is 21.8 Å². The number of carbonyl (C=O) groups excluding carboxylic acids is 1. The first-order valence-electron chi connectivity index (χ1n) is 5.92. The number of hydrogen-bond donors (Lipinski definition) is 2. The van der Waals surface area contributed by atoms with E-state index in [0.29, 0.717) is 5.76 Å². The summed E-state index contributed by atoms with van der Waals surface area (Å²) in [6.07, 6.45) is 0. The van der Waals surface area contributed by atoms with Crippen molar-refractivity contribution in [1.29, 1.82) is 0 Å². The maximum Gasteiger partial charge on any atom is 0.371 e. The largest absolute Gasteiger partial charge is 0.475 e. The number of carbonyl (C=O) groups is 2. The Bertz CT molecular complexity index is 607. The van der Waals surface area contributed by atoms with Gasteiger partial charge in [0, 0.05) is 13.1 Å². The number of furan rings is 1. The maximum atomic E-state index is 11.8. The molecule has 9 heteroatoms. The molecule has 0 saturated carbocycles. The minimum Gasteiger partial charge on any atom is -0.475 e. The average molecular weight is 302 g/mol. The molecule has 0 unspecified atom stereocenters. The van der Waals surface area contributed by atoms with Crippen LogP contribution in [0.5, 0.6) is 0 Å². The molecule has 1 aliphatic rings. The molecule has 20 heavy (non-hydrogen) atoms. The molecule has 2 heterocycles. The van der Waals surface area contributed by atoms with Gasteiger partial charge in [0.25, 0.3) is 0 Å². The third-order valence-electron chi connectivity index (χ3n) is 2.92. The first kappa shape index (κ1) is 14.4. The van der Waals surface area contributed by atoms with Crippen LogP contribution in [0.4, 0.5) is 4.79 Å². The van der Waals surface area contributed by atoms with Gasteiger partial charge in [-0.2, -0.15) is 0 Å². The van der Waals surface area contributed by atoms with E-state index in [2.05, 4.69) is 5.32 Å². The van der Waals surface area contributed by atoms with Crippen molar-refractivity contribution in [2.75, 3.05) is 24.6 Å². The van der Waals surface area contributed by atoms with E-state index in [1.54, 1.807) is 0 Å². The normalized spacial score (nSPS) is 17.7. The molecule has 1 saturated heterocycles. The van der Waals surface area contributed by atoms with Crippen molar-refractivity contribution in [2.45, 2.75) is 6.54 Å². The van der Waals surface area contributed by atoms with Gasteiger partial charge in [-0.3, -0.25) is 0 Å². The molecule has 0 spiro atoms. The van der Waals surface area contributed by atoms with Crippen molar-refractivity contribution < 1.29 is 27.5 Å². The molecule has 1 fully saturated rings. The van der Waals surface area contributed by atoms with Crippen LogP contribution in [-0.4, -0.2) is 55.0 Å². The lowest BCUT2D eigenvalue weighted by Gasteiger charge is -2.26. The average Bonchev–Trinajstić information content (AvgIpc) is 2.85. The Balaban J connectivity index is 1.84. The predicted octanol–water partition coefficient (Wildman–Crippen LogP) is -0.0822. The Labute approximate surface area is 115 Å². The highest BCUT2D eigenvalue weighted by Crippen LogP contribution is 2.08. The first-order chi connectivity index (χ1) is 9.37. The molecular weight excluding hydrogens is 288 g/mol. The van der Waals surface area contributed by atoms with Crippen LogP contribution in [0.3, 0.4) is 0 Å². The van der Waals surface area contributed by atoms with E-state index in [1.165, 1.54) is 17.0 Å². The van der Waals surface area contributed by atoms with Crippen LogP contribution in [0.15, 0.2) is 16.5 Å². The van der Waals surface area contributed by atoms with Crippen molar-refractivity contribution in [1.82, 2.24) is 10.2 Å². The number of nitrogens with one attached hydrogen (secondary N) is 1. The van der Waals surface area contributed by atoms with Gasteiger partial charge < -0.3 is 19.7 Å². The Morgan fingerprint density at radius 2 is 1.95 bits per heavy atom. The highest BCUT2D eigenvalue weighted by molar-refractivity contribution is 7.91. The lowest BCUT2D eigenvalue weighted by molar-refractivity contribution is 0.0660. The SMILES string of the molecule is O=C(O)c1ccc(CNC(=O)N2CCS(=O)(=O)CC2)o1. The summed E-state index contributed by atoms with van der Waals surface area (Å²) in [5, 5.41) is 11.2. The topological polar surface area (TPSA) is 117 Å². The Kier molecular flexibility index (Phi) is 3.98. The van der Waals surface area contributed by atoms with Crippen molar-refractivity contribution in [3.8, 4) is 0 Å². The Morgan fingerprint density at radius 1 is 1.30 bits per heavy atom. The predicted molar refractivity (Wildman–Crippen MR) is 68.1 cm³/mol. The van der Waals surface area contributed by atoms with Crippen LogP contribution in [0, 0.1) is 0 Å². The summed E-state index contributed by atoms with van der Waals surface area (Å²) in [4.78, 5) is 23.8. The molecule has 110 valence electrons. The van der Waals surface area contributed by atoms with Crippen LogP contribution in [0.25, 0.3) is 0 Å². The van der Waals surface area contributed by atoms with E-state index in [-0.39, 0.29) is 36.9 Å². The van der Waals surface area contributed by atoms with Crippen molar-refractivity contribution in [3.05, 3.63) is 23.7 Å². The van der Waals surface area contributed by atoms with Gasteiger partial charge in [-0.1, -0.05) is 0 Å². The molecular formula is C11H14N2O6S. The molecule has 2 N–H and O–H groups in total. The summed E-state index contributed by atoms with van der Waals surface area (Å²) in [5.74, 6) is -1.13. The number of aromatic carboxylic acids is 1. The second-order valence-corrected chi connectivity index (χ2v) is 6.67. The molecule has 2 amide bonds. The van der Waals surface area contributed by atoms with Crippen LogP contribution in [0.2, 0.25) is 0 Å². The van der Waals surface area contributed by atoms with Gasteiger partial charge in [0.05, 0.1) is 18.1 Å². The number of sulfone groups is 1. The zero-order valence-corrected chi connectivity index (χ0v) is 11.4. The van der Waals surface area contributed by atoms with E-state index in [9.17, 15) is 18.0 Å². The smallest absolute Gasteiger partial charge is 0.371 e. The molecule has 0 radical (unpaired) electrons. The number of nitrogens with zero attached hydrogens (tertiary/aromatic N) is 1. The summed E-state index contributed by atoms with van der Waals surface area (Å²) >= 11 is 0. The van der Waals surface area contributed by atoms with E-state index in [4.69, 9.17) is 9.52 Å². The van der Waals surface area contributed by atoms with Gasteiger partial charge in [-0.15, -0.1) is 0 Å². The third kappa shape index (κ3) is 3.50. The van der Waals surface area contributed by atoms with E-state index in [0.717, 1.165) is 0 Å². The molecule has 8 nitrogen and oxygen atoms in total. The Hall–Kier alpha value is -2.03. The fraction of sp³-hybridized carbons (Fsp3) is 0.455. The standard InChI is InChI=1S/C11H14N2O6S/c14-10(15)9-2-1-8(19-9)7-12-11(16)13-3-5-20(17,18)6-4-13/h1-2H,3-7H2,(H,12,16)(H,14,15). The summed E-state index contributed by atoms with van der Waals surface area (Å²) in [7, 11) is -3.03. The molecule has 0 aliphatic carbocycles. The van der Waals surface area contributed by atoms with Gasteiger partial charge in [-0.05, 0) is 12.1 Å². The van der Waals surface area contributed by atoms with Crippen molar-refractivity contribution in [3.63, 3.8) is 0 Å². The third-order valence-corrected chi connectivity index (χ3v) is 4.53. The fourth-order valence-corrected chi connectivity index (χ4v) is 2.98. The van der Waals surface area contributed by atoms with Crippen LogP contribution >= 0.6 is 0 Å². The molecule has 0 bridgehead atoms. The van der Waals surface area contributed by atoms with E-state index >= 15 is 0 Å². The van der Waals surface area contributed by atoms with Crippen molar-refractivity contribution >= 4 is 21.8 Å². The maximum absolute atomic E-state index is 11.8. The van der Waals surface area contributed by atoms with Crippen LogP contribution in [-0.2, 0) is 16.4 Å². The number of urea groups is 1. The van der Waals surface area contributed by atoms with Crippen LogP contribution < -0.4 is 5.32 Å². The second kappa shape index (κ2) is 5.53. The Morgan fingerprint density at radius 3 is 2.50 bits per heavy atom. The number of hydrogen-bond acceptors (Lipinski definition) is 5. The van der Waals surface area contributed by atoms with Gasteiger partial charge >= 0.3 is 12.0 Å². The minimum atomic E-state index is -3.03. The molecule has 2 rings (SSSR count). The summed E-state index contributed by atoms with van der Waals surface area (Å²) in [5.41, 5.74) is 0. The monoisotopic (exact) mass is 302 g/mol. The minimum absolute atomic E-state index is 0.0374. The first-order valence-corrected chi connectivity index (χ1v) is 7.75. The highest BCUT2D eigenvalue weighted by atomic mass is 32.2. The number of amides is 2. The second-order valence-electron chi connectivity index (χ2n) is 4.37. The zero-order valence-electron chi connectivity index (χ0n) is 10.5. The summed E-state index contributed by atoms with van der Waals surface area (Å²) < 4.78 is 27.5. The van der Waals surface area contributed by atoms with Crippen LogP contribution in [0.1, 0.15) is 16.3 Å². The van der Waals surface area contributed by atoms with Gasteiger partial charge in [-0.25, -0.2) is 18.0 Å². The molecule has 1 aromatic heterocycles.